The number of methoxy groups -OCH3 is 1. The standard InChI is InChI=1S/C14H15ClFN3O/c1-8(2)12-13(15)17-7-18-14(12)19-9-4-5-11(20-3)10(16)6-9/h4-8H,1-3H3,(H,17,18,19). The lowest BCUT2D eigenvalue weighted by atomic mass is 10.1. The number of nitrogens with zero attached hydrogens (tertiary/aromatic N) is 2. The van der Waals surface area contributed by atoms with Crippen LogP contribution in [0.4, 0.5) is 15.9 Å². The van der Waals surface area contributed by atoms with E-state index in [1.807, 2.05) is 13.8 Å². The van der Waals surface area contributed by atoms with Crippen LogP contribution in [0.3, 0.4) is 0 Å². The van der Waals surface area contributed by atoms with Crippen molar-refractivity contribution < 1.29 is 9.13 Å². The summed E-state index contributed by atoms with van der Waals surface area (Å²) in [5.41, 5.74) is 1.37. The van der Waals surface area contributed by atoms with Crippen LogP contribution in [0.1, 0.15) is 25.3 Å². The molecule has 1 heterocycles. The molecule has 1 N–H and O–H groups in total. The van der Waals surface area contributed by atoms with Crippen molar-refractivity contribution in [3.63, 3.8) is 0 Å². The number of rotatable bonds is 4. The zero-order chi connectivity index (χ0) is 14.7. The first kappa shape index (κ1) is 14.5. The number of anilines is 2. The summed E-state index contributed by atoms with van der Waals surface area (Å²) < 4.78 is 18.5. The highest BCUT2D eigenvalue weighted by Gasteiger charge is 2.14. The topological polar surface area (TPSA) is 47.0 Å². The Labute approximate surface area is 122 Å². The number of benzene rings is 1. The van der Waals surface area contributed by atoms with Crippen molar-refractivity contribution in [1.82, 2.24) is 9.97 Å². The van der Waals surface area contributed by atoms with Gasteiger partial charge in [0.25, 0.3) is 0 Å². The zero-order valence-electron chi connectivity index (χ0n) is 11.4. The molecule has 0 fully saturated rings. The van der Waals surface area contributed by atoms with E-state index in [0.29, 0.717) is 16.7 Å². The third-order valence-corrected chi connectivity index (χ3v) is 3.13. The highest BCUT2D eigenvalue weighted by molar-refractivity contribution is 6.30. The van der Waals surface area contributed by atoms with Gasteiger partial charge in [-0.3, -0.25) is 0 Å². The molecule has 0 unspecified atom stereocenters. The normalized spacial score (nSPS) is 10.7. The van der Waals surface area contributed by atoms with Gasteiger partial charge in [-0.05, 0) is 18.1 Å². The number of nitrogens with one attached hydrogen (secondary N) is 1. The summed E-state index contributed by atoms with van der Waals surface area (Å²) >= 11 is 6.08. The molecule has 1 aromatic heterocycles. The van der Waals surface area contributed by atoms with E-state index in [2.05, 4.69) is 15.3 Å². The molecule has 0 aliphatic carbocycles. The third-order valence-electron chi connectivity index (χ3n) is 2.83. The van der Waals surface area contributed by atoms with Crippen molar-refractivity contribution >= 4 is 23.1 Å². The van der Waals surface area contributed by atoms with E-state index in [0.717, 1.165) is 5.56 Å². The second kappa shape index (κ2) is 6.05. The van der Waals surface area contributed by atoms with E-state index >= 15 is 0 Å². The molecule has 106 valence electrons. The molecule has 20 heavy (non-hydrogen) atoms. The Balaban J connectivity index is 2.35. The van der Waals surface area contributed by atoms with E-state index in [9.17, 15) is 4.39 Å². The smallest absolute Gasteiger partial charge is 0.167 e. The molecule has 2 rings (SSSR count). The van der Waals surface area contributed by atoms with E-state index in [1.54, 1.807) is 12.1 Å². The van der Waals surface area contributed by atoms with Crippen LogP contribution in [0.25, 0.3) is 0 Å². The second-order valence-electron chi connectivity index (χ2n) is 4.56. The minimum atomic E-state index is -0.441. The Hall–Kier alpha value is -1.88. The number of halogens is 2. The molecule has 0 atom stereocenters. The highest BCUT2D eigenvalue weighted by Crippen LogP contribution is 2.31. The molecular weight excluding hydrogens is 281 g/mol. The molecule has 0 saturated heterocycles. The van der Waals surface area contributed by atoms with Gasteiger partial charge in [-0.25, -0.2) is 14.4 Å². The quantitative estimate of drug-likeness (QED) is 0.861. The maximum absolute atomic E-state index is 13.7. The van der Waals surface area contributed by atoms with Gasteiger partial charge in [0.2, 0.25) is 0 Å². The van der Waals surface area contributed by atoms with Crippen LogP contribution in [-0.4, -0.2) is 17.1 Å². The van der Waals surface area contributed by atoms with Gasteiger partial charge in [-0.2, -0.15) is 0 Å². The van der Waals surface area contributed by atoms with Crippen LogP contribution in [0.5, 0.6) is 5.75 Å². The monoisotopic (exact) mass is 295 g/mol. The molecule has 0 amide bonds. The molecule has 1 aromatic carbocycles. The average Bonchev–Trinajstić information content (AvgIpc) is 2.38. The lowest BCUT2D eigenvalue weighted by Crippen LogP contribution is -2.03. The van der Waals surface area contributed by atoms with Crippen molar-refractivity contribution in [3.05, 3.63) is 41.1 Å². The van der Waals surface area contributed by atoms with Gasteiger partial charge in [0.1, 0.15) is 17.3 Å². The summed E-state index contributed by atoms with van der Waals surface area (Å²) in [5.74, 6) is 0.475. The van der Waals surface area contributed by atoms with E-state index in [-0.39, 0.29) is 11.7 Å². The highest BCUT2D eigenvalue weighted by atomic mass is 35.5. The number of aromatic nitrogens is 2. The van der Waals surface area contributed by atoms with Crippen LogP contribution < -0.4 is 10.1 Å². The molecule has 2 aromatic rings. The predicted molar refractivity (Wildman–Crippen MR) is 77.4 cm³/mol. The molecular formula is C14H15ClFN3O. The zero-order valence-corrected chi connectivity index (χ0v) is 12.2. The van der Waals surface area contributed by atoms with E-state index in [1.165, 1.54) is 19.5 Å². The molecule has 0 aliphatic heterocycles. The van der Waals surface area contributed by atoms with Gasteiger partial charge in [0.15, 0.2) is 11.6 Å². The molecule has 0 aliphatic rings. The Kier molecular flexibility index (Phi) is 4.39. The van der Waals surface area contributed by atoms with Crippen LogP contribution in [0, 0.1) is 5.82 Å². The van der Waals surface area contributed by atoms with Crippen molar-refractivity contribution in [2.45, 2.75) is 19.8 Å². The Bertz CT molecular complexity index is 619. The minimum Gasteiger partial charge on any atom is -0.494 e. The van der Waals surface area contributed by atoms with Gasteiger partial charge < -0.3 is 10.1 Å². The average molecular weight is 296 g/mol. The largest absolute Gasteiger partial charge is 0.494 e. The maximum Gasteiger partial charge on any atom is 0.167 e. The van der Waals surface area contributed by atoms with Gasteiger partial charge >= 0.3 is 0 Å². The molecule has 0 bridgehead atoms. The summed E-state index contributed by atoms with van der Waals surface area (Å²) in [6.07, 6.45) is 1.37. The van der Waals surface area contributed by atoms with Crippen LogP contribution in [0.2, 0.25) is 5.15 Å². The molecule has 6 heteroatoms. The fourth-order valence-corrected chi connectivity index (χ4v) is 2.22. The van der Waals surface area contributed by atoms with Crippen molar-refractivity contribution in [2.24, 2.45) is 0 Å². The first-order valence-corrected chi connectivity index (χ1v) is 6.51. The van der Waals surface area contributed by atoms with Gasteiger partial charge in [-0.15, -0.1) is 0 Å². The summed E-state index contributed by atoms with van der Waals surface area (Å²) in [4.78, 5) is 8.14. The molecule has 0 spiro atoms. The Morgan fingerprint density at radius 1 is 1.30 bits per heavy atom. The third kappa shape index (κ3) is 2.99. The van der Waals surface area contributed by atoms with Crippen LogP contribution in [-0.2, 0) is 0 Å². The van der Waals surface area contributed by atoms with Crippen LogP contribution >= 0.6 is 11.6 Å². The second-order valence-corrected chi connectivity index (χ2v) is 4.91. The van der Waals surface area contributed by atoms with Crippen molar-refractivity contribution in [3.8, 4) is 5.75 Å². The van der Waals surface area contributed by atoms with Crippen molar-refractivity contribution in [1.29, 1.82) is 0 Å². The predicted octanol–water partition coefficient (Wildman–Crippen LogP) is 4.14. The maximum atomic E-state index is 13.7. The molecule has 4 nitrogen and oxygen atoms in total. The summed E-state index contributed by atoms with van der Waals surface area (Å²) in [5, 5.41) is 3.45. The lowest BCUT2D eigenvalue weighted by molar-refractivity contribution is 0.386. The first-order valence-electron chi connectivity index (χ1n) is 6.14. The van der Waals surface area contributed by atoms with Crippen LogP contribution in [0.15, 0.2) is 24.5 Å². The van der Waals surface area contributed by atoms with Crippen molar-refractivity contribution in [2.75, 3.05) is 12.4 Å². The SMILES string of the molecule is COc1ccc(Nc2ncnc(Cl)c2C(C)C)cc1F. The van der Waals surface area contributed by atoms with E-state index in [4.69, 9.17) is 16.3 Å². The van der Waals surface area contributed by atoms with Gasteiger partial charge in [0.05, 0.1) is 7.11 Å². The Morgan fingerprint density at radius 2 is 2.05 bits per heavy atom. The fraction of sp³-hybridized carbons (Fsp3) is 0.286. The fourth-order valence-electron chi connectivity index (χ4n) is 1.87. The summed E-state index contributed by atoms with van der Waals surface area (Å²) in [6.45, 7) is 3.98. The summed E-state index contributed by atoms with van der Waals surface area (Å²) in [6, 6.07) is 4.61. The first-order chi connectivity index (χ1) is 9.52. The van der Waals surface area contributed by atoms with Gasteiger partial charge in [0, 0.05) is 17.3 Å². The summed E-state index contributed by atoms with van der Waals surface area (Å²) in [7, 11) is 1.42. The molecule has 0 saturated carbocycles. The van der Waals surface area contributed by atoms with Gasteiger partial charge in [-0.1, -0.05) is 25.4 Å². The Morgan fingerprint density at radius 3 is 2.65 bits per heavy atom. The lowest BCUT2D eigenvalue weighted by Gasteiger charge is -2.14. The number of hydrogen-bond donors (Lipinski definition) is 1. The minimum absolute atomic E-state index is 0.147. The number of hydrogen-bond acceptors (Lipinski definition) is 4. The van der Waals surface area contributed by atoms with E-state index < -0.39 is 5.82 Å². The molecule has 0 radical (unpaired) electrons. The number of ether oxygens (including phenoxy) is 1.